The summed E-state index contributed by atoms with van der Waals surface area (Å²) < 4.78 is 10.7. The highest BCUT2D eigenvalue weighted by molar-refractivity contribution is 5.46. The van der Waals surface area contributed by atoms with Crippen LogP contribution in [0.2, 0.25) is 0 Å². The summed E-state index contributed by atoms with van der Waals surface area (Å²) >= 11 is 0. The summed E-state index contributed by atoms with van der Waals surface area (Å²) in [4.78, 5) is 10.2. The average molecular weight is 171 g/mol. The van der Waals surface area contributed by atoms with E-state index >= 15 is 0 Å². The Bertz CT molecular complexity index is 174. The molecule has 2 fully saturated rings. The van der Waals surface area contributed by atoms with Gasteiger partial charge >= 0.3 is 0 Å². The molecule has 0 aromatic carbocycles. The molecule has 12 heavy (non-hydrogen) atoms. The van der Waals surface area contributed by atoms with Crippen molar-refractivity contribution in [1.82, 2.24) is 5.32 Å². The van der Waals surface area contributed by atoms with Crippen LogP contribution in [0.1, 0.15) is 19.3 Å². The van der Waals surface area contributed by atoms with Crippen LogP contribution in [0.25, 0.3) is 0 Å². The van der Waals surface area contributed by atoms with E-state index in [0.29, 0.717) is 6.79 Å². The third-order valence-electron chi connectivity index (χ3n) is 2.60. The molecule has 0 radical (unpaired) electrons. The fourth-order valence-electron chi connectivity index (χ4n) is 1.93. The van der Waals surface area contributed by atoms with E-state index in [1.54, 1.807) is 0 Å². The van der Waals surface area contributed by atoms with E-state index in [-0.39, 0.29) is 18.2 Å². The molecule has 0 aromatic heterocycles. The fraction of sp³-hybridized carbons (Fsp3) is 0.875. The predicted octanol–water partition coefficient (Wildman–Crippen LogP) is 0.0264. The Morgan fingerprint density at radius 2 is 2.08 bits per heavy atom. The summed E-state index contributed by atoms with van der Waals surface area (Å²) in [5.74, 6) is 0. The predicted molar refractivity (Wildman–Crippen MR) is 41.5 cm³/mol. The van der Waals surface area contributed by atoms with Gasteiger partial charge in [0.2, 0.25) is 6.41 Å². The lowest BCUT2D eigenvalue weighted by Crippen LogP contribution is -2.40. The van der Waals surface area contributed by atoms with E-state index in [1.807, 2.05) is 0 Å². The Labute approximate surface area is 71.2 Å². The number of fused-ring (bicyclic) bond motifs is 1. The summed E-state index contributed by atoms with van der Waals surface area (Å²) in [7, 11) is 0. The molecule has 1 N–H and O–H groups in total. The van der Waals surface area contributed by atoms with Crippen LogP contribution in [0.3, 0.4) is 0 Å². The molecular formula is C8H13NO3. The molecule has 2 rings (SSSR count). The van der Waals surface area contributed by atoms with Crippen molar-refractivity contribution in [1.29, 1.82) is 0 Å². The van der Waals surface area contributed by atoms with Crippen LogP contribution < -0.4 is 5.32 Å². The molecule has 2 aliphatic rings. The van der Waals surface area contributed by atoms with Gasteiger partial charge in [-0.25, -0.2) is 0 Å². The summed E-state index contributed by atoms with van der Waals surface area (Å²) in [6, 6.07) is 0.283. The Morgan fingerprint density at radius 1 is 1.25 bits per heavy atom. The highest BCUT2D eigenvalue weighted by atomic mass is 16.7. The fourth-order valence-corrected chi connectivity index (χ4v) is 1.93. The normalized spacial score (nSPS) is 40.5. The number of ether oxygens (including phenoxy) is 2. The van der Waals surface area contributed by atoms with Gasteiger partial charge in [0.05, 0.1) is 12.2 Å². The van der Waals surface area contributed by atoms with Gasteiger partial charge in [0, 0.05) is 6.04 Å². The van der Waals surface area contributed by atoms with Gasteiger partial charge in [0.15, 0.2) is 0 Å². The number of carbonyl (C=O) groups excluding carboxylic acids is 1. The molecule has 4 nitrogen and oxygen atoms in total. The smallest absolute Gasteiger partial charge is 0.207 e. The largest absolute Gasteiger partial charge is 0.356 e. The summed E-state index contributed by atoms with van der Waals surface area (Å²) in [6.45, 7) is 0.420. The Balaban J connectivity index is 1.87. The first-order valence-electron chi connectivity index (χ1n) is 4.33. The first-order valence-corrected chi connectivity index (χ1v) is 4.33. The standard InChI is InChI=1S/C8H13NO3/c10-4-9-6-1-2-7-8(3-6)12-5-11-7/h4,6-8H,1-3,5H2,(H,9,10). The molecule has 1 aliphatic carbocycles. The van der Waals surface area contributed by atoms with Crippen molar-refractivity contribution in [2.24, 2.45) is 0 Å². The molecule has 1 saturated carbocycles. The number of hydrogen-bond acceptors (Lipinski definition) is 3. The van der Waals surface area contributed by atoms with Crippen LogP contribution in [0.5, 0.6) is 0 Å². The number of nitrogens with one attached hydrogen (secondary N) is 1. The molecule has 1 aliphatic heterocycles. The van der Waals surface area contributed by atoms with Gasteiger partial charge in [0.1, 0.15) is 6.79 Å². The third kappa shape index (κ3) is 1.44. The van der Waals surface area contributed by atoms with Gasteiger partial charge in [-0.3, -0.25) is 4.79 Å². The topological polar surface area (TPSA) is 47.6 Å². The quantitative estimate of drug-likeness (QED) is 0.596. The van der Waals surface area contributed by atoms with E-state index in [4.69, 9.17) is 9.47 Å². The number of rotatable bonds is 2. The van der Waals surface area contributed by atoms with Crippen molar-refractivity contribution >= 4 is 6.41 Å². The van der Waals surface area contributed by atoms with Crippen molar-refractivity contribution in [2.45, 2.75) is 37.5 Å². The average Bonchev–Trinajstić information content (AvgIpc) is 2.51. The summed E-state index contributed by atoms with van der Waals surface area (Å²) in [6.07, 6.45) is 4.13. The molecule has 68 valence electrons. The second-order valence-electron chi connectivity index (χ2n) is 3.32. The zero-order valence-corrected chi connectivity index (χ0v) is 6.86. The minimum absolute atomic E-state index is 0.205. The first kappa shape index (κ1) is 8.01. The van der Waals surface area contributed by atoms with Crippen molar-refractivity contribution in [3.8, 4) is 0 Å². The number of carbonyl (C=O) groups is 1. The molecule has 1 heterocycles. The Hall–Kier alpha value is -0.610. The van der Waals surface area contributed by atoms with Crippen LogP contribution in [0.4, 0.5) is 0 Å². The number of amides is 1. The Kier molecular flexibility index (Phi) is 2.28. The zero-order chi connectivity index (χ0) is 8.39. The van der Waals surface area contributed by atoms with Gasteiger partial charge in [-0.2, -0.15) is 0 Å². The maximum Gasteiger partial charge on any atom is 0.207 e. The monoisotopic (exact) mass is 171 g/mol. The SMILES string of the molecule is O=CNC1CCC2OCOC2C1. The molecule has 0 bridgehead atoms. The van der Waals surface area contributed by atoms with E-state index in [1.165, 1.54) is 0 Å². The van der Waals surface area contributed by atoms with Crippen molar-refractivity contribution in [3.63, 3.8) is 0 Å². The first-order chi connectivity index (χ1) is 5.90. The zero-order valence-electron chi connectivity index (χ0n) is 6.86. The maximum absolute atomic E-state index is 10.2. The highest BCUT2D eigenvalue weighted by Crippen LogP contribution is 2.28. The molecule has 1 saturated heterocycles. The molecular weight excluding hydrogens is 158 g/mol. The van der Waals surface area contributed by atoms with Gasteiger partial charge in [-0.15, -0.1) is 0 Å². The highest BCUT2D eigenvalue weighted by Gasteiger charge is 2.35. The molecule has 3 atom stereocenters. The van der Waals surface area contributed by atoms with Crippen molar-refractivity contribution < 1.29 is 14.3 Å². The van der Waals surface area contributed by atoms with Crippen LogP contribution in [-0.4, -0.2) is 31.5 Å². The maximum atomic E-state index is 10.2. The number of hydrogen-bond donors (Lipinski definition) is 1. The van der Waals surface area contributed by atoms with E-state index in [2.05, 4.69) is 5.32 Å². The molecule has 0 spiro atoms. The second-order valence-corrected chi connectivity index (χ2v) is 3.32. The van der Waals surface area contributed by atoms with Crippen LogP contribution in [-0.2, 0) is 14.3 Å². The van der Waals surface area contributed by atoms with Gasteiger partial charge in [-0.05, 0) is 19.3 Å². The molecule has 4 heteroatoms. The van der Waals surface area contributed by atoms with E-state index < -0.39 is 0 Å². The lowest BCUT2D eigenvalue weighted by atomic mass is 9.91. The third-order valence-corrected chi connectivity index (χ3v) is 2.60. The molecule has 1 amide bonds. The minimum atomic E-state index is 0.205. The van der Waals surface area contributed by atoms with Gasteiger partial charge < -0.3 is 14.8 Å². The lowest BCUT2D eigenvalue weighted by Gasteiger charge is -2.28. The summed E-state index contributed by atoms with van der Waals surface area (Å²) in [5.41, 5.74) is 0. The van der Waals surface area contributed by atoms with Crippen LogP contribution >= 0.6 is 0 Å². The van der Waals surface area contributed by atoms with E-state index in [0.717, 1.165) is 25.7 Å². The van der Waals surface area contributed by atoms with Gasteiger partial charge in [-0.1, -0.05) is 0 Å². The van der Waals surface area contributed by atoms with E-state index in [9.17, 15) is 4.79 Å². The second kappa shape index (κ2) is 3.41. The lowest BCUT2D eigenvalue weighted by molar-refractivity contribution is -0.110. The minimum Gasteiger partial charge on any atom is -0.356 e. The molecule has 0 aromatic rings. The van der Waals surface area contributed by atoms with Gasteiger partial charge in [0.25, 0.3) is 0 Å². The van der Waals surface area contributed by atoms with Crippen molar-refractivity contribution in [2.75, 3.05) is 6.79 Å². The molecule has 3 unspecified atom stereocenters. The van der Waals surface area contributed by atoms with Crippen LogP contribution in [0.15, 0.2) is 0 Å². The van der Waals surface area contributed by atoms with Crippen LogP contribution in [0, 0.1) is 0 Å². The van der Waals surface area contributed by atoms with Crippen molar-refractivity contribution in [3.05, 3.63) is 0 Å². The Morgan fingerprint density at radius 3 is 2.92 bits per heavy atom. The summed E-state index contributed by atoms with van der Waals surface area (Å²) in [5, 5.41) is 2.78.